The molecular weight excluding hydrogens is 228 g/mol. The van der Waals surface area contributed by atoms with Gasteiger partial charge in [-0.25, -0.2) is 0 Å². The zero-order valence-electron chi connectivity index (χ0n) is 11.2. The van der Waals surface area contributed by atoms with E-state index >= 15 is 0 Å². The highest BCUT2D eigenvalue weighted by molar-refractivity contribution is 5.48. The van der Waals surface area contributed by atoms with Crippen LogP contribution < -0.4 is 10.5 Å². The third-order valence-corrected chi connectivity index (χ3v) is 3.51. The molecule has 1 unspecified atom stereocenters. The van der Waals surface area contributed by atoms with Gasteiger partial charge >= 0.3 is 0 Å². The first-order valence-corrected chi connectivity index (χ1v) is 6.48. The van der Waals surface area contributed by atoms with E-state index in [0.717, 1.165) is 44.2 Å². The highest BCUT2D eigenvalue weighted by Gasteiger charge is 2.22. The summed E-state index contributed by atoms with van der Waals surface area (Å²) in [5.74, 6) is 0.872. The number of hydrogen-bond donors (Lipinski definition) is 1. The maximum atomic E-state index is 5.78. The number of hydrogen-bond acceptors (Lipinski definition) is 4. The first kappa shape index (κ1) is 13.2. The quantitative estimate of drug-likeness (QED) is 0.829. The van der Waals surface area contributed by atoms with Crippen LogP contribution in [-0.2, 0) is 11.3 Å². The average molecular weight is 250 g/mol. The van der Waals surface area contributed by atoms with Crippen LogP contribution in [0.15, 0.2) is 18.2 Å². The van der Waals surface area contributed by atoms with Gasteiger partial charge < -0.3 is 15.2 Å². The Balaban J connectivity index is 2.12. The molecule has 0 aromatic heterocycles. The Hall–Kier alpha value is -1.26. The molecule has 2 N–H and O–H groups in total. The van der Waals surface area contributed by atoms with Crippen molar-refractivity contribution in [3.63, 3.8) is 0 Å². The Labute approximate surface area is 109 Å². The molecule has 1 aliphatic heterocycles. The predicted octanol–water partition coefficient (Wildman–Crippen LogP) is 1.89. The molecule has 1 heterocycles. The van der Waals surface area contributed by atoms with Crippen LogP contribution in [0.3, 0.4) is 0 Å². The predicted molar refractivity (Wildman–Crippen MR) is 72.7 cm³/mol. The molecule has 1 aromatic rings. The van der Waals surface area contributed by atoms with Crippen LogP contribution in [0, 0.1) is 0 Å². The summed E-state index contributed by atoms with van der Waals surface area (Å²) in [6.07, 6.45) is 1.11. The lowest BCUT2D eigenvalue weighted by Crippen LogP contribution is -2.44. The standard InChI is InChI=1S/C14H22N2O2/c1-3-13-10-18-7-6-16(13)9-11-4-5-12(15)8-14(11)17-2/h4-5,8,13H,3,6-7,9-10,15H2,1-2H3. The van der Waals surface area contributed by atoms with Gasteiger partial charge in [0.15, 0.2) is 0 Å². The summed E-state index contributed by atoms with van der Waals surface area (Å²) < 4.78 is 10.9. The fourth-order valence-corrected chi connectivity index (χ4v) is 2.38. The van der Waals surface area contributed by atoms with Gasteiger partial charge in [0.25, 0.3) is 0 Å². The number of nitrogen functional groups attached to an aromatic ring is 1. The fraction of sp³-hybridized carbons (Fsp3) is 0.571. The van der Waals surface area contributed by atoms with Crippen LogP contribution in [0.25, 0.3) is 0 Å². The maximum Gasteiger partial charge on any atom is 0.125 e. The van der Waals surface area contributed by atoms with E-state index in [2.05, 4.69) is 17.9 Å². The topological polar surface area (TPSA) is 47.7 Å². The summed E-state index contributed by atoms with van der Waals surface area (Å²) in [4.78, 5) is 2.46. The molecule has 4 nitrogen and oxygen atoms in total. The number of morpholine rings is 1. The molecular formula is C14H22N2O2. The molecule has 0 spiro atoms. The number of nitrogens with zero attached hydrogens (tertiary/aromatic N) is 1. The van der Waals surface area contributed by atoms with Gasteiger partial charge in [0.1, 0.15) is 5.75 Å². The Morgan fingerprint density at radius 3 is 3.06 bits per heavy atom. The number of ether oxygens (including phenoxy) is 2. The molecule has 4 heteroatoms. The summed E-state index contributed by atoms with van der Waals surface area (Å²) in [7, 11) is 1.69. The molecule has 0 amide bonds. The molecule has 1 aromatic carbocycles. The van der Waals surface area contributed by atoms with Gasteiger partial charge in [0.05, 0.1) is 20.3 Å². The minimum Gasteiger partial charge on any atom is -0.496 e. The van der Waals surface area contributed by atoms with Crippen LogP contribution >= 0.6 is 0 Å². The van der Waals surface area contributed by atoms with Gasteiger partial charge in [-0.3, -0.25) is 4.90 Å². The van der Waals surface area contributed by atoms with Crippen molar-refractivity contribution in [3.05, 3.63) is 23.8 Å². The second kappa shape index (κ2) is 6.07. The first-order chi connectivity index (χ1) is 8.74. The van der Waals surface area contributed by atoms with Crippen molar-refractivity contribution < 1.29 is 9.47 Å². The highest BCUT2D eigenvalue weighted by Crippen LogP contribution is 2.24. The lowest BCUT2D eigenvalue weighted by molar-refractivity contribution is -0.0129. The summed E-state index contributed by atoms with van der Waals surface area (Å²) in [6, 6.07) is 6.37. The number of anilines is 1. The van der Waals surface area contributed by atoms with E-state index in [1.165, 1.54) is 5.56 Å². The Kier molecular flexibility index (Phi) is 4.44. The fourth-order valence-electron chi connectivity index (χ4n) is 2.38. The normalized spacial score (nSPS) is 20.9. The lowest BCUT2D eigenvalue weighted by atomic mass is 10.1. The Morgan fingerprint density at radius 2 is 2.33 bits per heavy atom. The molecule has 18 heavy (non-hydrogen) atoms. The third kappa shape index (κ3) is 2.94. The average Bonchev–Trinajstić information content (AvgIpc) is 2.41. The van der Waals surface area contributed by atoms with Gasteiger partial charge in [-0.05, 0) is 12.5 Å². The zero-order valence-corrected chi connectivity index (χ0v) is 11.2. The summed E-state index contributed by atoms with van der Waals surface area (Å²) in [6.45, 7) is 5.71. The van der Waals surface area contributed by atoms with Crippen molar-refractivity contribution in [2.75, 3.05) is 32.6 Å². The molecule has 0 aliphatic carbocycles. The second-order valence-electron chi connectivity index (χ2n) is 4.68. The van der Waals surface area contributed by atoms with Crippen molar-refractivity contribution in [3.8, 4) is 5.75 Å². The largest absolute Gasteiger partial charge is 0.496 e. The Morgan fingerprint density at radius 1 is 1.50 bits per heavy atom. The van der Waals surface area contributed by atoms with Gasteiger partial charge in [0.2, 0.25) is 0 Å². The van der Waals surface area contributed by atoms with Crippen LogP contribution in [0.2, 0.25) is 0 Å². The van der Waals surface area contributed by atoms with Crippen molar-refractivity contribution in [2.45, 2.75) is 25.9 Å². The monoisotopic (exact) mass is 250 g/mol. The minimum absolute atomic E-state index is 0.501. The summed E-state index contributed by atoms with van der Waals surface area (Å²) in [5, 5.41) is 0. The van der Waals surface area contributed by atoms with E-state index < -0.39 is 0 Å². The lowest BCUT2D eigenvalue weighted by Gasteiger charge is -2.35. The number of methoxy groups -OCH3 is 1. The number of benzene rings is 1. The van der Waals surface area contributed by atoms with Crippen LogP contribution in [0.4, 0.5) is 5.69 Å². The molecule has 0 bridgehead atoms. The highest BCUT2D eigenvalue weighted by atomic mass is 16.5. The summed E-state index contributed by atoms with van der Waals surface area (Å²) >= 11 is 0. The maximum absolute atomic E-state index is 5.78. The third-order valence-electron chi connectivity index (χ3n) is 3.51. The molecule has 1 saturated heterocycles. The molecule has 1 atom stereocenters. The zero-order chi connectivity index (χ0) is 13.0. The van der Waals surface area contributed by atoms with Gasteiger partial charge in [0, 0.05) is 36.4 Å². The van der Waals surface area contributed by atoms with E-state index in [9.17, 15) is 0 Å². The SMILES string of the molecule is CCC1COCCN1Cc1ccc(N)cc1OC. The van der Waals surface area contributed by atoms with Gasteiger partial charge in [-0.2, -0.15) is 0 Å². The van der Waals surface area contributed by atoms with Crippen molar-refractivity contribution >= 4 is 5.69 Å². The van der Waals surface area contributed by atoms with Crippen LogP contribution in [-0.4, -0.2) is 37.8 Å². The van der Waals surface area contributed by atoms with Crippen LogP contribution in [0.5, 0.6) is 5.75 Å². The second-order valence-corrected chi connectivity index (χ2v) is 4.68. The van der Waals surface area contributed by atoms with Crippen molar-refractivity contribution in [2.24, 2.45) is 0 Å². The first-order valence-electron chi connectivity index (χ1n) is 6.48. The van der Waals surface area contributed by atoms with Crippen LogP contribution in [0.1, 0.15) is 18.9 Å². The van der Waals surface area contributed by atoms with E-state index in [1.807, 2.05) is 12.1 Å². The molecule has 1 aliphatic rings. The van der Waals surface area contributed by atoms with Crippen molar-refractivity contribution in [1.29, 1.82) is 0 Å². The van der Waals surface area contributed by atoms with E-state index in [0.29, 0.717) is 6.04 Å². The van der Waals surface area contributed by atoms with E-state index in [4.69, 9.17) is 15.2 Å². The van der Waals surface area contributed by atoms with Crippen molar-refractivity contribution in [1.82, 2.24) is 4.90 Å². The molecule has 1 fully saturated rings. The molecule has 0 radical (unpaired) electrons. The summed E-state index contributed by atoms with van der Waals surface area (Å²) in [5.41, 5.74) is 7.70. The molecule has 2 rings (SSSR count). The molecule has 100 valence electrons. The minimum atomic E-state index is 0.501. The Bertz CT molecular complexity index is 395. The van der Waals surface area contributed by atoms with E-state index in [1.54, 1.807) is 7.11 Å². The molecule has 0 saturated carbocycles. The smallest absolute Gasteiger partial charge is 0.125 e. The van der Waals surface area contributed by atoms with Gasteiger partial charge in [-0.1, -0.05) is 13.0 Å². The van der Waals surface area contributed by atoms with Gasteiger partial charge in [-0.15, -0.1) is 0 Å². The number of nitrogens with two attached hydrogens (primary N) is 1. The van der Waals surface area contributed by atoms with E-state index in [-0.39, 0.29) is 0 Å². The number of rotatable bonds is 4.